The summed E-state index contributed by atoms with van der Waals surface area (Å²) in [6.45, 7) is 9.45. The van der Waals surface area contributed by atoms with Gasteiger partial charge in [-0.1, -0.05) is 6.92 Å². The number of ether oxygens (including phenoxy) is 1. The van der Waals surface area contributed by atoms with E-state index in [1.807, 2.05) is 20.8 Å². The first-order valence-electron chi connectivity index (χ1n) is 7.51. The predicted molar refractivity (Wildman–Crippen MR) is 78.1 cm³/mol. The maximum Gasteiger partial charge on any atom is 0.239 e. The molecule has 1 N–H and O–H groups in total. The topological polar surface area (TPSA) is 65.4 Å². The number of hydrogen-bond donors (Lipinski definition) is 1. The molecule has 0 aromatic heterocycles. The molecule has 1 rings (SSSR count). The van der Waals surface area contributed by atoms with Gasteiger partial charge in [-0.15, -0.1) is 0 Å². The van der Waals surface area contributed by atoms with Crippen molar-refractivity contribution in [3.05, 3.63) is 0 Å². The van der Waals surface area contributed by atoms with Crippen molar-refractivity contribution in [3.63, 3.8) is 0 Å². The van der Waals surface area contributed by atoms with Gasteiger partial charge in [0, 0.05) is 13.1 Å². The molecule has 0 spiro atoms. The largest absolute Gasteiger partial charge is 0.378 e. The number of nitrogens with zero attached hydrogens (tertiary/aromatic N) is 2. The summed E-state index contributed by atoms with van der Waals surface area (Å²) in [5.41, 5.74) is -0.285. The molecule has 0 aromatic carbocycles. The summed E-state index contributed by atoms with van der Waals surface area (Å²) in [6.07, 6.45) is 2.72. The van der Waals surface area contributed by atoms with E-state index < -0.39 is 0 Å². The van der Waals surface area contributed by atoms with Gasteiger partial charge in [0.1, 0.15) is 6.04 Å². The van der Waals surface area contributed by atoms with Crippen LogP contribution in [0.2, 0.25) is 0 Å². The van der Waals surface area contributed by atoms with Crippen molar-refractivity contribution in [2.24, 2.45) is 5.41 Å². The molecule has 20 heavy (non-hydrogen) atoms. The highest BCUT2D eigenvalue weighted by atomic mass is 16.5. The third-order valence-corrected chi connectivity index (χ3v) is 3.64. The van der Waals surface area contributed by atoms with Crippen LogP contribution in [0.5, 0.6) is 0 Å². The Morgan fingerprint density at radius 2 is 2.30 bits per heavy atom. The van der Waals surface area contributed by atoms with E-state index in [2.05, 4.69) is 16.3 Å². The van der Waals surface area contributed by atoms with E-state index in [1.165, 1.54) is 0 Å². The van der Waals surface area contributed by atoms with Crippen molar-refractivity contribution < 1.29 is 9.53 Å². The minimum absolute atomic E-state index is 0.0612. The van der Waals surface area contributed by atoms with Crippen molar-refractivity contribution >= 4 is 5.91 Å². The SMILES string of the molecule is CCCNC(=O)C1COCCN1CCCC(C)(C)C#N. The average molecular weight is 281 g/mol. The maximum absolute atomic E-state index is 12.1. The van der Waals surface area contributed by atoms with Crippen LogP contribution in [-0.2, 0) is 9.53 Å². The van der Waals surface area contributed by atoms with Crippen LogP contribution in [0.25, 0.3) is 0 Å². The van der Waals surface area contributed by atoms with Crippen LogP contribution in [0, 0.1) is 16.7 Å². The molecule has 0 aromatic rings. The first kappa shape index (κ1) is 16.9. The molecule has 0 saturated carbocycles. The predicted octanol–water partition coefficient (Wildman–Crippen LogP) is 1.54. The zero-order valence-electron chi connectivity index (χ0n) is 12.9. The van der Waals surface area contributed by atoms with E-state index >= 15 is 0 Å². The molecule has 1 heterocycles. The monoisotopic (exact) mass is 281 g/mol. The van der Waals surface area contributed by atoms with Gasteiger partial charge in [-0.2, -0.15) is 5.26 Å². The maximum atomic E-state index is 12.1. The number of nitriles is 1. The molecule has 5 heteroatoms. The highest BCUT2D eigenvalue weighted by molar-refractivity contribution is 5.81. The van der Waals surface area contributed by atoms with Gasteiger partial charge < -0.3 is 10.1 Å². The third-order valence-electron chi connectivity index (χ3n) is 3.64. The van der Waals surface area contributed by atoms with Crippen LogP contribution in [-0.4, -0.2) is 49.7 Å². The number of nitrogens with one attached hydrogen (secondary N) is 1. The van der Waals surface area contributed by atoms with E-state index in [1.54, 1.807) is 0 Å². The molecule has 1 aliphatic heterocycles. The van der Waals surface area contributed by atoms with Gasteiger partial charge in [0.05, 0.1) is 24.7 Å². The summed E-state index contributed by atoms with van der Waals surface area (Å²) >= 11 is 0. The summed E-state index contributed by atoms with van der Waals surface area (Å²) in [6, 6.07) is 2.14. The Morgan fingerprint density at radius 1 is 1.55 bits per heavy atom. The third kappa shape index (κ3) is 5.48. The van der Waals surface area contributed by atoms with Crippen molar-refractivity contribution in [2.75, 3.05) is 32.8 Å². The Hall–Kier alpha value is -1.12. The molecule has 1 unspecified atom stereocenters. The standard InChI is InChI=1S/C15H27N3O2/c1-4-7-17-14(19)13-11-20-10-9-18(13)8-5-6-15(2,3)12-16/h13H,4-11H2,1-3H3,(H,17,19). The molecule has 1 atom stereocenters. The number of morpholine rings is 1. The Balaban J connectivity index is 2.44. The molecular weight excluding hydrogens is 254 g/mol. The minimum Gasteiger partial charge on any atom is -0.378 e. The van der Waals surface area contributed by atoms with E-state index in [0.717, 1.165) is 32.4 Å². The molecule has 0 bridgehead atoms. The highest BCUT2D eigenvalue weighted by Crippen LogP contribution is 2.21. The van der Waals surface area contributed by atoms with Crippen LogP contribution < -0.4 is 5.32 Å². The summed E-state index contributed by atoms with van der Waals surface area (Å²) in [5, 5.41) is 12.0. The lowest BCUT2D eigenvalue weighted by Crippen LogP contribution is -2.54. The average Bonchev–Trinajstić information content (AvgIpc) is 2.45. The number of rotatable bonds is 7. The van der Waals surface area contributed by atoms with Gasteiger partial charge in [0.25, 0.3) is 0 Å². The molecule has 1 saturated heterocycles. The van der Waals surface area contributed by atoms with E-state index in [-0.39, 0.29) is 17.4 Å². The van der Waals surface area contributed by atoms with Crippen molar-refractivity contribution in [1.82, 2.24) is 10.2 Å². The molecule has 0 radical (unpaired) electrons. The van der Waals surface area contributed by atoms with Crippen molar-refractivity contribution in [2.45, 2.75) is 46.1 Å². The molecule has 0 aliphatic carbocycles. The molecule has 1 amide bonds. The number of amides is 1. The van der Waals surface area contributed by atoms with Crippen LogP contribution in [0.4, 0.5) is 0 Å². The Morgan fingerprint density at radius 3 is 2.95 bits per heavy atom. The summed E-state index contributed by atoms with van der Waals surface area (Å²) < 4.78 is 5.43. The van der Waals surface area contributed by atoms with Crippen molar-refractivity contribution in [3.8, 4) is 6.07 Å². The first-order chi connectivity index (χ1) is 9.50. The van der Waals surface area contributed by atoms with Crippen LogP contribution in [0.1, 0.15) is 40.0 Å². The van der Waals surface area contributed by atoms with Gasteiger partial charge in [-0.25, -0.2) is 0 Å². The zero-order valence-corrected chi connectivity index (χ0v) is 12.9. The van der Waals surface area contributed by atoms with E-state index in [4.69, 9.17) is 10.00 Å². The second-order valence-corrected chi connectivity index (χ2v) is 6.02. The first-order valence-corrected chi connectivity index (χ1v) is 7.51. The lowest BCUT2D eigenvalue weighted by molar-refractivity contribution is -0.132. The zero-order chi connectivity index (χ0) is 15.0. The Kier molecular flexibility index (Phi) is 6.97. The number of carbonyl (C=O) groups is 1. The quantitative estimate of drug-likeness (QED) is 0.769. The second kappa shape index (κ2) is 8.23. The fraction of sp³-hybridized carbons (Fsp3) is 0.867. The fourth-order valence-corrected chi connectivity index (χ4v) is 2.29. The summed E-state index contributed by atoms with van der Waals surface area (Å²) in [5.74, 6) is 0.0612. The highest BCUT2D eigenvalue weighted by Gasteiger charge is 2.29. The van der Waals surface area contributed by atoms with Gasteiger partial charge in [0.2, 0.25) is 5.91 Å². The Bertz CT molecular complexity index is 350. The molecule has 1 aliphatic rings. The van der Waals surface area contributed by atoms with E-state index in [9.17, 15) is 4.79 Å². The van der Waals surface area contributed by atoms with Gasteiger partial charge >= 0.3 is 0 Å². The van der Waals surface area contributed by atoms with Gasteiger partial charge in [0.15, 0.2) is 0 Å². The van der Waals surface area contributed by atoms with Gasteiger partial charge in [-0.05, 0) is 39.7 Å². The summed E-state index contributed by atoms with van der Waals surface area (Å²) in [7, 11) is 0. The van der Waals surface area contributed by atoms with Crippen LogP contribution >= 0.6 is 0 Å². The molecule has 1 fully saturated rings. The lowest BCUT2D eigenvalue weighted by Gasteiger charge is -2.34. The fourth-order valence-electron chi connectivity index (χ4n) is 2.29. The number of carbonyl (C=O) groups excluding carboxylic acids is 1. The lowest BCUT2D eigenvalue weighted by atomic mass is 9.89. The minimum atomic E-state index is -0.285. The molecule has 114 valence electrons. The van der Waals surface area contributed by atoms with Crippen LogP contribution in [0.15, 0.2) is 0 Å². The second-order valence-electron chi connectivity index (χ2n) is 6.02. The molecule has 5 nitrogen and oxygen atoms in total. The summed E-state index contributed by atoms with van der Waals surface area (Å²) in [4.78, 5) is 14.3. The number of hydrogen-bond acceptors (Lipinski definition) is 4. The Labute approximate surface area is 122 Å². The molecular formula is C15H27N3O2. The van der Waals surface area contributed by atoms with Gasteiger partial charge in [-0.3, -0.25) is 9.69 Å². The normalized spacial score (nSPS) is 20.4. The smallest absolute Gasteiger partial charge is 0.239 e. The van der Waals surface area contributed by atoms with Crippen molar-refractivity contribution in [1.29, 1.82) is 5.26 Å². The van der Waals surface area contributed by atoms with Crippen LogP contribution in [0.3, 0.4) is 0 Å². The van der Waals surface area contributed by atoms with E-state index in [0.29, 0.717) is 19.8 Å².